The number of para-hydroxylation sites is 1. The number of amides is 2. The number of nitrogens with two attached hydrogens (primary N) is 1. The molecule has 218 valence electrons. The number of nitrogens with zero attached hydrogens (tertiary/aromatic N) is 3. The fraction of sp³-hybridized carbons (Fsp3) is 0.214. The molecule has 4 aromatic heterocycles. The third-order valence-electron chi connectivity index (χ3n) is 6.38. The fourth-order valence-electron chi connectivity index (χ4n) is 4.39. The highest BCUT2D eigenvalue weighted by molar-refractivity contribution is 7.21. The van der Waals surface area contributed by atoms with Crippen molar-refractivity contribution in [3.8, 4) is 16.9 Å². The Morgan fingerprint density at radius 1 is 1.19 bits per heavy atom. The predicted molar refractivity (Wildman–Crippen MR) is 152 cm³/mol. The van der Waals surface area contributed by atoms with Crippen molar-refractivity contribution >= 4 is 50.7 Å². The lowest BCUT2D eigenvalue weighted by Gasteiger charge is -2.11. The van der Waals surface area contributed by atoms with Crippen LogP contribution in [0.3, 0.4) is 0 Å². The molecule has 1 aromatic carbocycles. The molecule has 9 nitrogen and oxygen atoms in total. The van der Waals surface area contributed by atoms with E-state index in [0.29, 0.717) is 45.7 Å². The summed E-state index contributed by atoms with van der Waals surface area (Å²) in [5, 5.41) is 7.49. The summed E-state index contributed by atoms with van der Waals surface area (Å²) in [4.78, 5) is 29.1. The maximum Gasteiger partial charge on any atom is 0.433 e. The van der Waals surface area contributed by atoms with Crippen molar-refractivity contribution < 1.29 is 31.9 Å². The van der Waals surface area contributed by atoms with Gasteiger partial charge in [0.2, 0.25) is 0 Å². The number of hydrogen-bond acceptors (Lipinski definition) is 7. The number of fused-ring (bicyclic) bond motifs is 1. The molecule has 5 rings (SSSR count). The average molecular weight is 618 g/mol. The van der Waals surface area contributed by atoms with Gasteiger partial charge in [-0.25, -0.2) is 4.98 Å². The summed E-state index contributed by atoms with van der Waals surface area (Å²) in [6, 6.07) is 9.12. The molecule has 5 aromatic rings. The number of pyridine rings is 1. The number of aromatic nitrogens is 3. The van der Waals surface area contributed by atoms with Gasteiger partial charge in [-0.05, 0) is 56.2 Å². The fourth-order valence-corrected chi connectivity index (χ4v) is 5.67. The SMILES string of the molecule is CCn1cc(-c2cc(C(F)(F)F)nc3sc(C(N)=O)c(NC(=O)c4ccc(COc5c(C)cccc5Cl)o4)c23)c(C)n1. The zero-order valence-electron chi connectivity index (χ0n) is 22.4. The predicted octanol–water partition coefficient (Wildman–Crippen LogP) is 6.99. The number of halogens is 4. The summed E-state index contributed by atoms with van der Waals surface area (Å²) in [5.41, 5.74) is 6.09. The van der Waals surface area contributed by atoms with Gasteiger partial charge in [-0.1, -0.05) is 23.7 Å². The maximum absolute atomic E-state index is 13.8. The highest BCUT2D eigenvalue weighted by atomic mass is 35.5. The Hall–Kier alpha value is -4.36. The Morgan fingerprint density at radius 3 is 2.60 bits per heavy atom. The molecule has 0 atom stereocenters. The number of aryl methyl sites for hydroxylation is 3. The van der Waals surface area contributed by atoms with Gasteiger partial charge in [0.25, 0.3) is 11.8 Å². The second-order valence-corrected chi connectivity index (χ2v) is 10.7. The number of thiophene rings is 1. The van der Waals surface area contributed by atoms with Crippen LogP contribution in [0.15, 0.2) is 47.0 Å². The number of furan rings is 1. The Bertz CT molecular complexity index is 1820. The lowest BCUT2D eigenvalue weighted by molar-refractivity contribution is -0.140. The number of rotatable bonds is 8. The average Bonchev–Trinajstić information content (AvgIpc) is 3.64. The van der Waals surface area contributed by atoms with E-state index < -0.39 is 23.7 Å². The minimum Gasteiger partial charge on any atom is -0.484 e. The Balaban J connectivity index is 1.54. The normalized spacial score (nSPS) is 11.7. The van der Waals surface area contributed by atoms with Crippen molar-refractivity contribution in [2.75, 3.05) is 5.32 Å². The number of nitrogens with one attached hydrogen (secondary N) is 1. The molecule has 0 aliphatic heterocycles. The van der Waals surface area contributed by atoms with E-state index in [2.05, 4.69) is 15.4 Å². The summed E-state index contributed by atoms with van der Waals surface area (Å²) >= 11 is 6.85. The van der Waals surface area contributed by atoms with Gasteiger partial charge in [-0.3, -0.25) is 14.3 Å². The molecule has 0 aliphatic rings. The molecule has 0 saturated carbocycles. The highest BCUT2D eigenvalue weighted by Crippen LogP contribution is 2.44. The summed E-state index contributed by atoms with van der Waals surface area (Å²) in [6.07, 6.45) is -3.18. The third kappa shape index (κ3) is 5.57. The van der Waals surface area contributed by atoms with E-state index in [1.807, 2.05) is 19.9 Å². The number of carbonyl (C=O) groups excluding carboxylic acids is 2. The van der Waals surface area contributed by atoms with Crippen molar-refractivity contribution in [1.29, 1.82) is 0 Å². The second kappa shape index (κ2) is 11.1. The lowest BCUT2D eigenvalue weighted by atomic mass is 10.0. The number of alkyl halides is 3. The van der Waals surface area contributed by atoms with E-state index in [1.165, 1.54) is 12.1 Å². The summed E-state index contributed by atoms with van der Waals surface area (Å²) in [5.74, 6) is -1.06. The lowest BCUT2D eigenvalue weighted by Crippen LogP contribution is -2.16. The molecule has 0 radical (unpaired) electrons. The van der Waals surface area contributed by atoms with Crippen LogP contribution in [0, 0.1) is 13.8 Å². The van der Waals surface area contributed by atoms with E-state index in [0.717, 1.165) is 11.6 Å². The van der Waals surface area contributed by atoms with Crippen LogP contribution in [0.25, 0.3) is 21.3 Å². The zero-order chi connectivity index (χ0) is 30.3. The number of carbonyl (C=O) groups is 2. The van der Waals surface area contributed by atoms with Gasteiger partial charge in [-0.2, -0.15) is 18.3 Å². The first-order valence-corrected chi connectivity index (χ1v) is 13.7. The van der Waals surface area contributed by atoms with E-state index in [-0.39, 0.29) is 38.7 Å². The number of benzene rings is 1. The van der Waals surface area contributed by atoms with Crippen molar-refractivity contribution in [3.63, 3.8) is 0 Å². The number of anilines is 1. The first kappa shape index (κ1) is 29.1. The monoisotopic (exact) mass is 617 g/mol. The van der Waals surface area contributed by atoms with Gasteiger partial charge < -0.3 is 20.2 Å². The molecule has 14 heteroatoms. The third-order valence-corrected chi connectivity index (χ3v) is 7.78. The zero-order valence-corrected chi connectivity index (χ0v) is 24.0. The van der Waals surface area contributed by atoms with E-state index in [4.69, 9.17) is 26.5 Å². The molecule has 42 heavy (non-hydrogen) atoms. The van der Waals surface area contributed by atoms with Gasteiger partial charge in [0.05, 0.1) is 16.4 Å². The van der Waals surface area contributed by atoms with Crippen molar-refractivity contribution in [2.45, 2.75) is 40.1 Å². The van der Waals surface area contributed by atoms with Crippen LogP contribution in [0.4, 0.5) is 18.9 Å². The van der Waals surface area contributed by atoms with Crippen molar-refractivity contribution in [3.05, 3.63) is 81.0 Å². The molecule has 0 saturated heterocycles. The van der Waals surface area contributed by atoms with Crippen LogP contribution in [-0.4, -0.2) is 26.6 Å². The Kier molecular flexibility index (Phi) is 7.73. The summed E-state index contributed by atoms with van der Waals surface area (Å²) < 4.78 is 54.5. The molecule has 4 heterocycles. The molecule has 3 N–H and O–H groups in total. The van der Waals surface area contributed by atoms with Crippen LogP contribution in [0.5, 0.6) is 5.75 Å². The van der Waals surface area contributed by atoms with Crippen LogP contribution in [0.1, 0.15) is 49.9 Å². The summed E-state index contributed by atoms with van der Waals surface area (Å²) in [7, 11) is 0. The topological polar surface area (TPSA) is 125 Å². The van der Waals surface area contributed by atoms with E-state index >= 15 is 0 Å². The first-order valence-electron chi connectivity index (χ1n) is 12.5. The largest absolute Gasteiger partial charge is 0.484 e. The van der Waals surface area contributed by atoms with Gasteiger partial charge in [0.15, 0.2) is 5.76 Å². The van der Waals surface area contributed by atoms with Gasteiger partial charge >= 0.3 is 6.18 Å². The molecule has 0 fully saturated rings. The molecular weight excluding hydrogens is 595 g/mol. The van der Waals surface area contributed by atoms with Crippen molar-refractivity contribution in [1.82, 2.24) is 14.8 Å². The molecule has 0 bridgehead atoms. The quantitative estimate of drug-likeness (QED) is 0.193. The standard InChI is InChI=1S/C28H23ClF3N5O4S/c1-4-37-11-17(14(3)36-37)16-10-20(28(30,31)32)34-27-21(16)22(24(42-27)25(33)38)35-26(39)19-9-8-15(41-19)12-40-23-13(2)6-5-7-18(23)29/h5-11H,4,12H2,1-3H3,(H2,33,38)(H,35,39). The van der Waals surface area contributed by atoms with Gasteiger partial charge in [0, 0.05) is 23.7 Å². The Labute approximate surface area is 246 Å². The molecule has 0 spiro atoms. The number of ether oxygens (including phenoxy) is 1. The van der Waals surface area contributed by atoms with E-state index in [1.54, 1.807) is 29.9 Å². The van der Waals surface area contributed by atoms with Gasteiger partial charge in [-0.15, -0.1) is 11.3 Å². The van der Waals surface area contributed by atoms with Crippen molar-refractivity contribution in [2.24, 2.45) is 5.73 Å². The molecule has 0 unspecified atom stereocenters. The number of hydrogen-bond donors (Lipinski definition) is 2. The molecular formula is C28H23ClF3N5O4S. The van der Waals surface area contributed by atoms with Gasteiger partial charge in [0.1, 0.15) is 33.5 Å². The molecule has 0 aliphatic carbocycles. The smallest absolute Gasteiger partial charge is 0.433 e. The highest BCUT2D eigenvalue weighted by Gasteiger charge is 2.35. The van der Waals surface area contributed by atoms with Crippen LogP contribution >= 0.6 is 22.9 Å². The second-order valence-electron chi connectivity index (χ2n) is 9.28. The number of primary amides is 1. The van der Waals surface area contributed by atoms with Crippen LogP contribution in [-0.2, 0) is 19.3 Å². The van der Waals surface area contributed by atoms with Crippen LogP contribution < -0.4 is 15.8 Å². The summed E-state index contributed by atoms with van der Waals surface area (Å²) in [6.45, 7) is 5.76. The minimum absolute atomic E-state index is 0.0270. The van der Waals surface area contributed by atoms with E-state index in [9.17, 15) is 22.8 Å². The first-order chi connectivity index (χ1) is 19.9. The Morgan fingerprint density at radius 2 is 1.95 bits per heavy atom. The van der Waals surface area contributed by atoms with Crippen LogP contribution in [0.2, 0.25) is 5.02 Å². The minimum atomic E-state index is -4.77. The molecule has 2 amide bonds. The maximum atomic E-state index is 13.8.